The van der Waals surface area contributed by atoms with E-state index >= 15 is 0 Å². The molecule has 28 heavy (non-hydrogen) atoms. The summed E-state index contributed by atoms with van der Waals surface area (Å²) in [5, 5.41) is 5.07. The van der Waals surface area contributed by atoms with Crippen LogP contribution in [0.15, 0.2) is 52.0 Å². The minimum atomic E-state index is -3.95. The first-order valence-corrected chi connectivity index (χ1v) is 9.58. The van der Waals surface area contributed by atoms with Gasteiger partial charge in [-0.05, 0) is 30.3 Å². The van der Waals surface area contributed by atoms with Gasteiger partial charge in [-0.2, -0.15) is 4.72 Å². The van der Waals surface area contributed by atoms with Crippen molar-refractivity contribution in [2.75, 3.05) is 25.5 Å². The van der Waals surface area contributed by atoms with Gasteiger partial charge < -0.3 is 19.8 Å². The second-order valence-electron chi connectivity index (χ2n) is 5.46. The van der Waals surface area contributed by atoms with Crippen molar-refractivity contribution in [3.8, 4) is 0 Å². The van der Waals surface area contributed by atoms with Crippen LogP contribution in [0.3, 0.4) is 0 Å². The van der Waals surface area contributed by atoms with Crippen molar-refractivity contribution in [2.24, 2.45) is 0 Å². The summed E-state index contributed by atoms with van der Waals surface area (Å²) in [5.74, 6) is -1.46. The van der Waals surface area contributed by atoms with Gasteiger partial charge in [0.25, 0.3) is 5.91 Å². The Kier molecular flexibility index (Phi) is 7.29. The van der Waals surface area contributed by atoms with Gasteiger partial charge >= 0.3 is 5.97 Å². The second kappa shape index (κ2) is 9.67. The number of hydrogen-bond acceptors (Lipinski definition) is 7. The maximum atomic E-state index is 12.2. The maximum absolute atomic E-state index is 12.2. The van der Waals surface area contributed by atoms with Crippen LogP contribution in [0.1, 0.15) is 17.0 Å². The lowest BCUT2D eigenvalue weighted by molar-refractivity contribution is -0.139. The number of furan rings is 1. The summed E-state index contributed by atoms with van der Waals surface area (Å²) in [7, 11) is -2.80. The first-order chi connectivity index (χ1) is 13.3. The summed E-state index contributed by atoms with van der Waals surface area (Å²) in [5.41, 5.74) is 0.253. The zero-order valence-electron chi connectivity index (χ0n) is 14.9. The zero-order chi connectivity index (χ0) is 20.6. The van der Waals surface area contributed by atoms with Gasteiger partial charge in [0.05, 0.1) is 18.3 Å². The molecule has 1 heterocycles. The van der Waals surface area contributed by atoms with E-state index in [-0.39, 0.29) is 29.3 Å². The number of carbonyl (C=O) groups is 3. The highest BCUT2D eigenvalue weighted by molar-refractivity contribution is 7.89. The lowest BCUT2D eigenvalue weighted by atomic mass is 10.3. The number of amides is 2. The fourth-order valence-electron chi connectivity index (χ4n) is 2.06. The summed E-state index contributed by atoms with van der Waals surface area (Å²) < 4.78 is 35.7. The molecule has 0 unspecified atom stereocenters. The normalized spacial score (nSPS) is 10.9. The molecular formula is C17H19N3O7S. The SMILES string of the molecule is COC(=O)CNS(=O)(=O)c1cccc(NC(=O)CCNC(=O)c2ccco2)c1. The van der Waals surface area contributed by atoms with Gasteiger partial charge in [-0.15, -0.1) is 0 Å². The highest BCUT2D eigenvalue weighted by Gasteiger charge is 2.16. The van der Waals surface area contributed by atoms with Crippen LogP contribution in [0, 0.1) is 0 Å². The minimum Gasteiger partial charge on any atom is -0.468 e. The predicted octanol–water partition coefficient (Wildman–Crippen LogP) is 0.489. The van der Waals surface area contributed by atoms with Gasteiger partial charge in [-0.3, -0.25) is 14.4 Å². The molecule has 2 amide bonds. The molecular weight excluding hydrogens is 390 g/mol. The largest absolute Gasteiger partial charge is 0.468 e. The molecule has 0 aliphatic carbocycles. The monoisotopic (exact) mass is 409 g/mol. The van der Waals surface area contributed by atoms with E-state index in [2.05, 4.69) is 20.1 Å². The van der Waals surface area contributed by atoms with Crippen molar-refractivity contribution in [3.05, 3.63) is 48.4 Å². The summed E-state index contributed by atoms with van der Waals surface area (Å²) in [6.07, 6.45) is 1.34. The minimum absolute atomic E-state index is 0.0238. The number of sulfonamides is 1. The molecule has 1 aromatic carbocycles. The van der Waals surface area contributed by atoms with Gasteiger partial charge in [0.15, 0.2) is 5.76 Å². The van der Waals surface area contributed by atoms with Crippen molar-refractivity contribution in [1.29, 1.82) is 0 Å². The number of hydrogen-bond donors (Lipinski definition) is 3. The molecule has 1 aromatic heterocycles. The molecule has 3 N–H and O–H groups in total. The van der Waals surface area contributed by atoms with Crippen LogP contribution in [0.25, 0.3) is 0 Å². The third kappa shape index (κ3) is 6.21. The Balaban J connectivity index is 1.88. The van der Waals surface area contributed by atoms with Crippen molar-refractivity contribution in [3.63, 3.8) is 0 Å². The Morgan fingerprint density at radius 1 is 1.14 bits per heavy atom. The zero-order valence-corrected chi connectivity index (χ0v) is 15.7. The van der Waals surface area contributed by atoms with E-state index in [9.17, 15) is 22.8 Å². The van der Waals surface area contributed by atoms with Crippen LogP contribution in [0.5, 0.6) is 0 Å². The Labute approximate surface area is 161 Å². The average molecular weight is 409 g/mol. The summed E-state index contributed by atoms with van der Waals surface area (Å²) in [6.45, 7) is -0.436. The third-order valence-corrected chi connectivity index (χ3v) is 4.84. The predicted molar refractivity (Wildman–Crippen MR) is 97.9 cm³/mol. The van der Waals surface area contributed by atoms with E-state index < -0.39 is 34.4 Å². The fourth-order valence-corrected chi connectivity index (χ4v) is 3.07. The molecule has 0 aliphatic rings. The van der Waals surface area contributed by atoms with E-state index in [4.69, 9.17) is 4.42 Å². The van der Waals surface area contributed by atoms with E-state index in [0.29, 0.717) is 0 Å². The van der Waals surface area contributed by atoms with Crippen LogP contribution in [-0.2, 0) is 24.3 Å². The lowest BCUT2D eigenvalue weighted by Crippen LogP contribution is -2.30. The Hall–Kier alpha value is -3.18. The molecule has 2 rings (SSSR count). The summed E-state index contributed by atoms with van der Waals surface area (Å²) >= 11 is 0. The number of ether oxygens (including phenoxy) is 1. The molecule has 0 bridgehead atoms. The Morgan fingerprint density at radius 2 is 1.93 bits per heavy atom. The number of carbonyl (C=O) groups excluding carboxylic acids is 3. The highest BCUT2D eigenvalue weighted by Crippen LogP contribution is 2.15. The smallest absolute Gasteiger partial charge is 0.320 e. The molecule has 2 aromatic rings. The molecule has 0 aliphatic heterocycles. The average Bonchev–Trinajstić information content (AvgIpc) is 3.21. The molecule has 0 atom stereocenters. The maximum Gasteiger partial charge on any atom is 0.320 e. The molecule has 0 fully saturated rings. The number of rotatable bonds is 9. The van der Waals surface area contributed by atoms with Gasteiger partial charge in [0, 0.05) is 18.7 Å². The van der Waals surface area contributed by atoms with Gasteiger partial charge in [-0.25, -0.2) is 8.42 Å². The van der Waals surface area contributed by atoms with E-state index in [1.54, 1.807) is 6.07 Å². The topological polar surface area (TPSA) is 144 Å². The summed E-state index contributed by atoms with van der Waals surface area (Å²) in [6, 6.07) is 8.59. The second-order valence-corrected chi connectivity index (χ2v) is 7.23. The van der Waals surface area contributed by atoms with Crippen LogP contribution in [-0.4, -0.2) is 46.4 Å². The molecule has 150 valence electrons. The highest BCUT2D eigenvalue weighted by atomic mass is 32.2. The Bertz CT molecular complexity index is 939. The number of nitrogens with one attached hydrogen (secondary N) is 3. The van der Waals surface area contributed by atoms with Crippen molar-refractivity contribution < 1.29 is 32.0 Å². The van der Waals surface area contributed by atoms with Gasteiger partial charge in [0.2, 0.25) is 15.9 Å². The van der Waals surface area contributed by atoms with E-state index in [1.165, 1.54) is 36.6 Å². The molecule has 0 saturated carbocycles. The third-order valence-electron chi connectivity index (χ3n) is 3.44. The number of esters is 1. The molecule has 0 saturated heterocycles. The van der Waals surface area contributed by atoms with Crippen molar-refractivity contribution in [2.45, 2.75) is 11.3 Å². The quantitative estimate of drug-likeness (QED) is 0.511. The standard InChI is InChI=1S/C17H19N3O7S/c1-26-16(22)11-19-28(24,25)13-5-2-4-12(10-13)20-15(21)7-8-18-17(23)14-6-3-9-27-14/h2-6,9-10,19H,7-8,11H2,1H3,(H,18,23)(H,20,21). The van der Waals surface area contributed by atoms with Crippen LogP contribution < -0.4 is 15.4 Å². The van der Waals surface area contributed by atoms with Gasteiger partial charge in [0.1, 0.15) is 6.54 Å². The van der Waals surface area contributed by atoms with Crippen molar-refractivity contribution >= 4 is 33.5 Å². The Morgan fingerprint density at radius 3 is 2.61 bits per heavy atom. The number of methoxy groups -OCH3 is 1. The van der Waals surface area contributed by atoms with Gasteiger partial charge in [-0.1, -0.05) is 6.07 Å². The number of anilines is 1. The van der Waals surface area contributed by atoms with E-state index in [0.717, 1.165) is 7.11 Å². The lowest BCUT2D eigenvalue weighted by Gasteiger charge is -2.09. The van der Waals surface area contributed by atoms with Crippen LogP contribution in [0.4, 0.5) is 5.69 Å². The molecule has 0 spiro atoms. The summed E-state index contributed by atoms with van der Waals surface area (Å²) in [4.78, 5) is 34.6. The number of benzene rings is 1. The fraction of sp³-hybridized carbons (Fsp3) is 0.235. The molecule has 11 heteroatoms. The van der Waals surface area contributed by atoms with E-state index in [1.807, 2.05) is 0 Å². The van der Waals surface area contributed by atoms with Crippen LogP contribution in [0.2, 0.25) is 0 Å². The molecule has 10 nitrogen and oxygen atoms in total. The van der Waals surface area contributed by atoms with Crippen LogP contribution >= 0.6 is 0 Å². The van der Waals surface area contributed by atoms with Crippen molar-refractivity contribution in [1.82, 2.24) is 10.0 Å². The first kappa shape index (κ1) is 21.1. The molecule has 0 radical (unpaired) electrons. The first-order valence-electron chi connectivity index (χ1n) is 8.10.